The third-order valence-electron chi connectivity index (χ3n) is 2.73. The first kappa shape index (κ1) is 9.65. The van der Waals surface area contributed by atoms with Crippen molar-refractivity contribution in [3.05, 3.63) is 47.4 Å². The number of phenolic OH excluding ortho intramolecular Hbond substituents is 1. The van der Waals surface area contributed by atoms with Gasteiger partial charge in [-0.1, -0.05) is 12.1 Å². The van der Waals surface area contributed by atoms with Gasteiger partial charge in [-0.2, -0.15) is 4.73 Å². The van der Waals surface area contributed by atoms with E-state index in [1.807, 2.05) is 0 Å². The highest BCUT2D eigenvalue weighted by atomic mass is 16.5. The van der Waals surface area contributed by atoms with Gasteiger partial charge >= 0.3 is 0 Å². The number of rotatable bonds is 0. The molecule has 84 valence electrons. The van der Waals surface area contributed by atoms with E-state index in [0.717, 1.165) is 9.16 Å². The van der Waals surface area contributed by atoms with Gasteiger partial charge in [-0.25, -0.2) is 0 Å². The first-order valence-corrected chi connectivity index (χ1v) is 5.07. The molecule has 17 heavy (non-hydrogen) atoms. The Hall–Kier alpha value is -2.56. The summed E-state index contributed by atoms with van der Waals surface area (Å²) in [6, 6.07) is 10.9. The van der Waals surface area contributed by atoms with Crippen molar-refractivity contribution in [2.75, 3.05) is 0 Å². The molecule has 0 aliphatic rings. The predicted octanol–water partition coefficient (Wildman–Crippen LogP) is 1.65. The molecule has 0 fully saturated rings. The molecule has 0 bridgehead atoms. The van der Waals surface area contributed by atoms with E-state index in [1.165, 1.54) is 18.2 Å². The molecule has 2 N–H and O–H groups in total. The summed E-state index contributed by atoms with van der Waals surface area (Å²) < 4.78 is 1.63. The van der Waals surface area contributed by atoms with Crippen molar-refractivity contribution in [3.8, 4) is 5.75 Å². The standard InChI is InChI=1S/C12H8N2O3/c15-8-5-6-11-12(7-8)14(17)10-4-2-1-3-9(10)13(11)16/h1-7,17H/p+1. The molecule has 0 atom stereocenters. The molecule has 0 spiro atoms. The smallest absolute Gasteiger partial charge is 0.290 e. The molecular formula is C12H9N2O3+. The van der Waals surface area contributed by atoms with Gasteiger partial charge in [0.15, 0.2) is 11.0 Å². The summed E-state index contributed by atoms with van der Waals surface area (Å²) in [5, 5.41) is 19.4. The van der Waals surface area contributed by atoms with Crippen LogP contribution in [0.2, 0.25) is 0 Å². The van der Waals surface area contributed by atoms with Gasteiger partial charge in [0.05, 0.1) is 4.43 Å². The molecule has 0 aliphatic carbocycles. The van der Waals surface area contributed by atoms with Crippen LogP contribution in [-0.4, -0.2) is 15.0 Å². The van der Waals surface area contributed by atoms with Crippen molar-refractivity contribution in [2.45, 2.75) is 0 Å². The monoisotopic (exact) mass is 229 g/mol. The number of phenols is 1. The van der Waals surface area contributed by atoms with E-state index < -0.39 is 0 Å². The predicted molar refractivity (Wildman–Crippen MR) is 61.7 cm³/mol. The highest BCUT2D eigenvalue weighted by Gasteiger charge is 2.17. The highest BCUT2D eigenvalue weighted by molar-refractivity contribution is 5.82. The Labute approximate surface area is 95.3 Å². The summed E-state index contributed by atoms with van der Waals surface area (Å²) in [4.78, 5) is 12.1. The molecule has 0 amide bonds. The Morgan fingerprint density at radius 3 is 2.53 bits per heavy atom. The van der Waals surface area contributed by atoms with Gasteiger partial charge in [0, 0.05) is 23.1 Å². The second-order valence-corrected chi connectivity index (χ2v) is 3.77. The quantitative estimate of drug-likeness (QED) is 0.350. The first-order valence-electron chi connectivity index (χ1n) is 5.07. The second kappa shape index (κ2) is 3.21. The third kappa shape index (κ3) is 1.25. The Bertz CT molecular complexity index is 793. The van der Waals surface area contributed by atoms with Gasteiger partial charge in [0.25, 0.3) is 11.0 Å². The van der Waals surface area contributed by atoms with E-state index in [-0.39, 0.29) is 11.3 Å². The van der Waals surface area contributed by atoms with Gasteiger partial charge in [-0.05, 0) is 12.1 Å². The summed E-state index contributed by atoms with van der Waals surface area (Å²) in [5.74, 6) is -0.00409. The van der Waals surface area contributed by atoms with Crippen molar-refractivity contribution < 1.29 is 14.7 Å². The minimum Gasteiger partial charge on any atom is -0.508 e. The number of fused-ring (bicyclic) bond motifs is 2. The molecule has 5 heteroatoms. The van der Waals surface area contributed by atoms with Gasteiger partial charge in [-0.15, -0.1) is 0 Å². The lowest BCUT2D eigenvalue weighted by atomic mass is 10.2. The topological polar surface area (TPSA) is 68.4 Å². The van der Waals surface area contributed by atoms with E-state index in [0.29, 0.717) is 16.6 Å². The Balaban J connectivity index is 2.68. The maximum Gasteiger partial charge on any atom is 0.290 e. The van der Waals surface area contributed by atoms with Gasteiger partial charge in [-0.3, -0.25) is 0 Å². The Morgan fingerprint density at radius 1 is 1.00 bits per heavy atom. The van der Waals surface area contributed by atoms with Crippen LogP contribution < -0.4 is 4.43 Å². The largest absolute Gasteiger partial charge is 0.508 e. The number of nitrogens with zero attached hydrogens (tertiary/aromatic N) is 2. The van der Waals surface area contributed by atoms with Crippen LogP contribution in [0.1, 0.15) is 0 Å². The van der Waals surface area contributed by atoms with Crippen LogP contribution in [0, 0.1) is 4.91 Å². The maximum atomic E-state index is 12.1. The molecule has 0 saturated heterocycles. The van der Waals surface area contributed by atoms with Crippen LogP contribution in [0.4, 0.5) is 0 Å². The van der Waals surface area contributed by atoms with Crippen LogP contribution >= 0.6 is 0 Å². The zero-order valence-corrected chi connectivity index (χ0v) is 8.74. The van der Waals surface area contributed by atoms with Crippen molar-refractivity contribution in [1.29, 1.82) is 0 Å². The average Bonchev–Trinajstić information content (AvgIpc) is 2.36. The highest BCUT2D eigenvalue weighted by Crippen LogP contribution is 2.20. The van der Waals surface area contributed by atoms with Crippen LogP contribution in [0.5, 0.6) is 5.75 Å². The summed E-state index contributed by atoms with van der Waals surface area (Å²) in [5.41, 5.74) is 1.32. The van der Waals surface area contributed by atoms with E-state index >= 15 is 0 Å². The van der Waals surface area contributed by atoms with Crippen molar-refractivity contribution in [3.63, 3.8) is 0 Å². The molecule has 3 aromatic rings. The number of hydrogen-bond acceptors (Lipinski definition) is 3. The summed E-state index contributed by atoms with van der Waals surface area (Å²) >= 11 is 0. The lowest BCUT2D eigenvalue weighted by Crippen LogP contribution is -2.19. The maximum absolute atomic E-state index is 12.1. The molecule has 0 unspecified atom stereocenters. The van der Waals surface area contributed by atoms with E-state index in [9.17, 15) is 15.2 Å². The number of benzene rings is 2. The zero-order chi connectivity index (χ0) is 12.0. The fraction of sp³-hybridized carbons (Fsp3) is 0. The van der Waals surface area contributed by atoms with Crippen molar-refractivity contribution in [2.24, 2.45) is 0 Å². The molecule has 2 aromatic carbocycles. The molecule has 1 aromatic heterocycles. The fourth-order valence-electron chi connectivity index (χ4n) is 1.93. The first-order chi connectivity index (χ1) is 8.18. The number of para-hydroxylation sites is 2. The number of hydrogen-bond donors (Lipinski definition) is 2. The molecule has 3 rings (SSSR count). The molecule has 5 nitrogen and oxygen atoms in total. The number of aromatic hydroxyl groups is 1. The lowest BCUT2D eigenvalue weighted by Gasteiger charge is -2.02. The molecular weight excluding hydrogens is 220 g/mol. The normalized spacial score (nSPS) is 11.1. The minimum atomic E-state index is -0.00409. The van der Waals surface area contributed by atoms with E-state index in [2.05, 4.69) is 0 Å². The SMILES string of the molecule is O=[n+]1c2ccccc2n(O)c2cc(O)ccc21. The summed E-state index contributed by atoms with van der Waals surface area (Å²) in [6.07, 6.45) is 0. The van der Waals surface area contributed by atoms with E-state index in [4.69, 9.17) is 0 Å². The zero-order valence-electron chi connectivity index (χ0n) is 8.74. The molecule has 0 radical (unpaired) electrons. The van der Waals surface area contributed by atoms with Crippen LogP contribution in [0.3, 0.4) is 0 Å². The fourth-order valence-corrected chi connectivity index (χ4v) is 1.93. The molecule has 0 saturated carbocycles. The third-order valence-corrected chi connectivity index (χ3v) is 2.73. The lowest BCUT2D eigenvalue weighted by molar-refractivity contribution is -0.433. The number of aromatic nitrogens is 2. The Kier molecular flexibility index (Phi) is 1.82. The van der Waals surface area contributed by atoms with E-state index in [1.54, 1.807) is 24.3 Å². The molecule has 1 heterocycles. The van der Waals surface area contributed by atoms with Crippen molar-refractivity contribution in [1.82, 2.24) is 4.73 Å². The summed E-state index contributed by atoms with van der Waals surface area (Å²) in [7, 11) is 0. The van der Waals surface area contributed by atoms with Gasteiger partial charge < -0.3 is 10.3 Å². The van der Waals surface area contributed by atoms with Crippen molar-refractivity contribution >= 4 is 22.1 Å². The van der Waals surface area contributed by atoms with Crippen LogP contribution in [-0.2, 0) is 0 Å². The average molecular weight is 229 g/mol. The van der Waals surface area contributed by atoms with Gasteiger partial charge in [0.2, 0.25) is 0 Å². The minimum absolute atomic E-state index is 0.00409. The van der Waals surface area contributed by atoms with Crippen LogP contribution in [0.25, 0.3) is 22.1 Å². The summed E-state index contributed by atoms with van der Waals surface area (Å²) in [6.45, 7) is 0. The Morgan fingerprint density at radius 2 is 1.71 bits per heavy atom. The van der Waals surface area contributed by atoms with Gasteiger partial charge in [0.1, 0.15) is 5.75 Å². The van der Waals surface area contributed by atoms with Crippen LogP contribution in [0.15, 0.2) is 42.5 Å². The molecule has 0 aliphatic heterocycles. The second-order valence-electron chi connectivity index (χ2n) is 3.77.